The Bertz CT molecular complexity index is 412. The van der Waals surface area contributed by atoms with Crippen LogP contribution in [0.25, 0.3) is 0 Å². The van der Waals surface area contributed by atoms with E-state index < -0.39 is 0 Å². The van der Waals surface area contributed by atoms with Gasteiger partial charge in [0.2, 0.25) is 5.91 Å². The molecule has 2 saturated heterocycles. The van der Waals surface area contributed by atoms with Gasteiger partial charge >= 0.3 is 0 Å². The monoisotopic (exact) mass is 323 g/mol. The minimum absolute atomic E-state index is 0.190. The van der Waals surface area contributed by atoms with Crippen LogP contribution < -0.4 is 11.1 Å². The first-order valence-electron chi connectivity index (χ1n) is 9.16. The van der Waals surface area contributed by atoms with Crippen molar-refractivity contribution in [3.8, 4) is 0 Å². The van der Waals surface area contributed by atoms with Crippen molar-refractivity contribution in [2.24, 2.45) is 22.6 Å². The van der Waals surface area contributed by atoms with Crippen molar-refractivity contribution in [3.05, 3.63) is 0 Å². The lowest BCUT2D eigenvalue weighted by Gasteiger charge is -2.34. The quantitative estimate of drug-likeness (QED) is 0.562. The number of likely N-dealkylation sites (tertiary alicyclic amines) is 2. The fraction of sp³-hybridized carbons (Fsp3) is 0.882. The summed E-state index contributed by atoms with van der Waals surface area (Å²) >= 11 is 0. The second-order valence-electron chi connectivity index (χ2n) is 6.87. The molecule has 0 aromatic heterocycles. The molecule has 2 fully saturated rings. The molecule has 2 rings (SSSR count). The fourth-order valence-electron chi connectivity index (χ4n) is 3.70. The molecule has 2 aliphatic heterocycles. The maximum Gasteiger partial charge on any atom is 0.217 e. The van der Waals surface area contributed by atoms with Gasteiger partial charge in [-0.15, -0.1) is 0 Å². The second-order valence-corrected chi connectivity index (χ2v) is 6.87. The average molecular weight is 323 g/mol. The number of amides is 1. The largest absolute Gasteiger partial charge is 0.370 e. The number of carbonyl (C=O) groups is 1. The Kier molecular flexibility index (Phi) is 7.15. The van der Waals surface area contributed by atoms with E-state index >= 15 is 0 Å². The Balaban J connectivity index is 1.91. The van der Waals surface area contributed by atoms with Gasteiger partial charge < -0.3 is 20.9 Å². The number of hydrogen-bond donors (Lipinski definition) is 2. The SMILES string of the molecule is CCNC(=NCC1CCN(CC)C1)N1CCCC(CC(N)=O)C1. The van der Waals surface area contributed by atoms with Crippen molar-refractivity contribution in [2.45, 2.75) is 39.5 Å². The number of nitrogens with two attached hydrogens (primary N) is 1. The van der Waals surface area contributed by atoms with Crippen molar-refractivity contribution >= 4 is 11.9 Å². The van der Waals surface area contributed by atoms with Gasteiger partial charge in [0.1, 0.15) is 0 Å². The lowest BCUT2D eigenvalue weighted by molar-refractivity contribution is -0.119. The number of nitrogens with one attached hydrogen (secondary N) is 1. The predicted octanol–water partition coefficient (Wildman–Crippen LogP) is 0.881. The third-order valence-corrected chi connectivity index (χ3v) is 4.96. The Morgan fingerprint density at radius 3 is 2.70 bits per heavy atom. The predicted molar refractivity (Wildman–Crippen MR) is 94.3 cm³/mol. The minimum atomic E-state index is -0.190. The van der Waals surface area contributed by atoms with Crippen LogP contribution in [0.15, 0.2) is 4.99 Å². The third kappa shape index (κ3) is 5.68. The summed E-state index contributed by atoms with van der Waals surface area (Å²) in [5.41, 5.74) is 5.36. The van der Waals surface area contributed by atoms with Gasteiger partial charge in [0.15, 0.2) is 5.96 Å². The highest BCUT2D eigenvalue weighted by atomic mass is 16.1. The minimum Gasteiger partial charge on any atom is -0.370 e. The van der Waals surface area contributed by atoms with Crippen LogP contribution in [-0.4, -0.2) is 67.5 Å². The first-order chi connectivity index (χ1) is 11.1. The van der Waals surface area contributed by atoms with E-state index in [1.165, 1.54) is 19.5 Å². The van der Waals surface area contributed by atoms with E-state index in [0.29, 0.717) is 18.3 Å². The van der Waals surface area contributed by atoms with Crippen molar-refractivity contribution in [3.63, 3.8) is 0 Å². The molecule has 0 bridgehead atoms. The summed E-state index contributed by atoms with van der Waals surface area (Å²) in [6, 6.07) is 0. The molecule has 0 saturated carbocycles. The van der Waals surface area contributed by atoms with E-state index in [0.717, 1.165) is 51.5 Å². The molecule has 3 N–H and O–H groups in total. The van der Waals surface area contributed by atoms with Crippen LogP contribution in [-0.2, 0) is 4.79 Å². The number of nitrogens with zero attached hydrogens (tertiary/aromatic N) is 3. The number of rotatable bonds is 6. The van der Waals surface area contributed by atoms with Gasteiger partial charge in [-0.3, -0.25) is 9.79 Å². The zero-order valence-electron chi connectivity index (χ0n) is 14.8. The molecule has 2 unspecified atom stereocenters. The van der Waals surface area contributed by atoms with Crippen LogP contribution in [0.5, 0.6) is 0 Å². The van der Waals surface area contributed by atoms with E-state index in [1.54, 1.807) is 0 Å². The highest BCUT2D eigenvalue weighted by molar-refractivity contribution is 5.80. The van der Waals surface area contributed by atoms with Crippen LogP contribution in [0.2, 0.25) is 0 Å². The van der Waals surface area contributed by atoms with Crippen molar-refractivity contribution in [1.82, 2.24) is 15.1 Å². The summed E-state index contributed by atoms with van der Waals surface area (Å²) in [6.07, 6.45) is 3.94. The third-order valence-electron chi connectivity index (χ3n) is 4.96. The fourth-order valence-corrected chi connectivity index (χ4v) is 3.70. The molecule has 0 spiro atoms. The molecule has 0 aromatic carbocycles. The topological polar surface area (TPSA) is 74.0 Å². The van der Waals surface area contributed by atoms with Crippen LogP contribution in [0.1, 0.15) is 39.5 Å². The Hall–Kier alpha value is -1.30. The van der Waals surface area contributed by atoms with E-state index in [9.17, 15) is 4.79 Å². The maximum atomic E-state index is 11.2. The number of guanidine groups is 1. The summed E-state index contributed by atoms with van der Waals surface area (Å²) in [4.78, 5) is 20.9. The van der Waals surface area contributed by atoms with Gasteiger partial charge in [0.05, 0.1) is 0 Å². The molecule has 2 atom stereocenters. The highest BCUT2D eigenvalue weighted by Gasteiger charge is 2.25. The summed E-state index contributed by atoms with van der Waals surface area (Å²) in [5.74, 6) is 1.86. The van der Waals surface area contributed by atoms with Gasteiger partial charge in [0.25, 0.3) is 0 Å². The van der Waals surface area contributed by atoms with Gasteiger partial charge in [-0.2, -0.15) is 0 Å². The summed E-state index contributed by atoms with van der Waals surface area (Å²) in [7, 11) is 0. The molecule has 0 aromatic rings. The molecular weight excluding hydrogens is 290 g/mol. The van der Waals surface area contributed by atoms with Gasteiger partial charge in [-0.05, 0) is 51.1 Å². The molecule has 1 amide bonds. The molecule has 132 valence electrons. The van der Waals surface area contributed by atoms with E-state index in [1.807, 2.05) is 0 Å². The van der Waals surface area contributed by atoms with E-state index in [2.05, 4.69) is 29.0 Å². The van der Waals surface area contributed by atoms with E-state index in [-0.39, 0.29) is 5.91 Å². The number of piperidine rings is 1. The van der Waals surface area contributed by atoms with Gasteiger partial charge in [0, 0.05) is 39.1 Å². The van der Waals surface area contributed by atoms with Gasteiger partial charge in [-0.1, -0.05) is 6.92 Å². The lowest BCUT2D eigenvalue weighted by Crippen LogP contribution is -2.47. The number of primary amides is 1. The Labute approximate surface area is 140 Å². The molecular formula is C17H33N5O. The smallest absolute Gasteiger partial charge is 0.217 e. The number of aliphatic imine (C=N–C) groups is 1. The summed E-state index contributed by atoms with van der Waals surface area (Å²) in [6.45, 7) is 11.5. The average Bonchev–Trinajstić information content (AvgIpc) is 2.99. The maximum absolute atomic E-state index is 11.2. The lowest BCUT2D eigenvalue weighted by atomic mass is 9.95. The van der Waals surface area contributed by atoms with Crippen LogP contribution in [0, 0.1) is 11.8 Å². The van der Waals surface area contributed by atoms with Crippen molar-refractivity contribution in [1.29, 1.82) is 0 Å². The summed E-state index contributed by atoms with van der Waals surface area (Å²) < 4.78 is 0. The van der Waals surface area contributed by atoms with Crippen molar-refractivity contribution in [2.75, 3.05) is 45.8 Å². The molecule has 0 radical (unpaired) electrons. The van der Waals surface area contributed by atoms with E-state index in [4.69, 9.17) is 10.7 Å². The highest BCUT2D eigenvalue weighted by Crippen LogP contribution is 2.20. The molecule has 0 aliphatic carbocycles. The molecule has 6 heteroatoms. The van der Waals surface area contributed by atoms with Gasteiger partial charge in [-0.25, -0.2) is 0 Å². The number of carbonyl (C=O) groups excluding carboxylic acids is 1. The molecule has 6 nitrogen and oxygen atoms in total. The standard InChI is InChI=1S/C17H33N5O/c1-3-19-17(20-11-15-7-9-21(4-2)12-15)22-8-5-6-14(13-22)10-16(18)23/h14-15H,3-13H2,1-2H3,(H2,18,23)(H,19,20). The second kappa shape index (κ2) is 9.11. The molecule has 23 heavy (non-hydrogen) atoms. The first-order valence-corrected chi connectivity index (χ1v) is 9.16. The van der Waals surface area contributed by atoms with Crippen molar-refractivity contribution < 1.29 is 4.79 Å². The first kappa shape index (κ1) is 18.0. The molecule has 2 heterocycles. The summed E-state index contributed by atoms with van der Waals surface area (Å²) in [5, 5.41) is 3.42. The normalized spacial score (nSPS) is 26.5. The van der Waals surface area contributed by atoms with Crippen LogP contribution in [0.4, 0.5) is 0 Å². The zero-order valence-corrected chi connectivity index (χ0v) is 14.8. The molecule has 2 aliphatic rings. The van der Waals surface area contributed by atoms with Crippen LogP contribution in [0.3, 0.4) is 0 Å². The zero-order chi connectivity index (χ0) is 16.7. The Morgan fingerprint density at radius 2 is 2.04 bits per heavy atom. The number of hydrogen-bond acceptors (Lipinski definition) is 3. The Morgan fingerprint density at radius 1 is 1.22 bits per heavy atom. The van der Waals surface area contributed by atoms with Crippen LogP contribution >= 0.6 is 0 Å².